The van der Waals surface area contributed by atoms with Crippen LogP contribution in [0.3, 0.4) is 0 Å². The molecule has 17 heavy (non-hydrogen) atoms. The van der Waals surface area contributed by atoms with Gasteiger partial charge in [0, 0.05) is 6.04 Å². The summed E-state index contributed by atoms with van der Waals surface area (Å²) in [7, 11) is 0. The van der Waals surface area contributed by atoms with Crippen LogP contribution in [0.1, 0.15) is 50.3 Å². The van der Waals surface area contributed by atoms with E-state index in [-0.39, 0.29) is 18.4 Å². The molecule has 94 valence electrons. The molecular formula is C14H21NO2. The molecule has 0 saturated carbocycles. The lowest BCUT2D eigenvalue weighted by molar-refractivity contribution is -0.143. The molecule has 0 radical (unpaired) electrons. The molecule has 1 atom stereocenters. The third-order valence-corrected chi connectivity index (χ3v) is 2.72. The Labute approximate surface area is 103 Å². The van der Waals surface area contributed by atoms with Crippen LogP contribution in [0.4, 0.5) is 0 Å². The van der Waals surface area contributed by atoms with E-state index in [1.807, 2.05) is 12.1 Å². The van der Waals surface area contributed by atoms with Crippen LogP contribution in [-0.2, 0) is 9.53 Å². The maximum atomic E-state index is 11.3. The van der Waals surface area contributed by atoms with Gasteiger partial charge in [-0.3, -0.25) is 4.79 Å². The van der Waals surface area contributed by atoms with Crippen molar-refractivity contribution in [1.29, 1.82) is 0 Å². The first kappa shape index (κ1) is 13.7. The van der Waals surface area contributed by atoms with E-state index < -0.39 is 0 Å². The Bertz CT molecular complexity index is 357. The van der Waals surface area contributed by atoms with Crippen molar-refractivity contribution in [1.82, 2.24) is 0 Å². The molecule has 1 rings (SSSR count). The van der Waals surface area contributed by atoms with E-state index in [2.05, 4.69) is 26.0 Å². The zero-order valence-corrected chi connectivity index (χ0v) is 10.8. The smallest absolute Gasteiger partial charge is 0.307 e. The molecule has 0 bridgehead atoms. The van der Waals surface area contributed by atoms with E-state index in [0.29, 0.717) is 12.5 Å². The SMILES string of the molecule is CCOC(=O)CC(N)c1ccc(C(C)C)cc1. The van der Waals surface area contributed by atoms with Crippen LogP contribution in [0.5, 0.6) is 0 Å². The molecule has 1 aromatic carbocycles. The second-order valence-electron chi connectivity index (χ2n) is 4.44. The fourth-order valence-corrected chi connectivity index (χ4v) is 1.65. The lowest BCUT2D eigenvalue weighted by Crippen LogP contribution is -2.17. The fraction of sp³-hybridized carbons (Fsp3) is 0.500. The van der Waals surface area contributed by atoms with Gasteiger partial charge in [0.2, 0.25) is 0 Å². The van der Waals surface area contributed by atoms with Crippen molar-refractivity contribution in [3.8, 4) is 0 Å². The van der Waals surface area contributed by atoms with Gasteiger partial charge >= 0.3 is 5.97 Å². The number of hydrogen-bond donors (Lipinski definition) is 1. The summed E-state index contributed by atoms with van der Waals surface area (Å²) in [6.45, 7) is 6.49. The maximum absolute atomic E-state index is 11.3. The van der Waals surface area contributed by atoms with Crippen LogP contribution in [0, 0.1) is 0 Å². The van der Waals surface area contributed by atoms with Crippen LogP contribution >= 0.6 is 0 Å². The van der Waals surface area contributed by atoms with Gasteiger partial charge in [0.1, 0.15) is 0 Å². The van der Waals surface area contributed by atoms with Gasteiger partial charge in [-0.15, -0.1) is 0 Å². The minimum Gasteiger partial charge on any atom is -0.466 e. The Morgan fingerprint density at radius 1 is 1.24 bits per heavy atom. The molecule has 0 fully saturated rings. The molecule has 3 heteroatoms. The molecule has 2 N–H and O–H groups in total. The number of ether oxygens (including phenoxy) is 1. The van der Waals surface area contributed by atoms with Gasteiger partial charge in [-0.25, -0.2) is 0 Å². The Balaban J connectivity index is 2.63. The van der Waals surface area contributed by atoms with Crippen LogP contribution in [-0.4, -0.2) is 12.6 Å². The number of esters is 1. The zero-order chi connectivity index (χ0) is 12.8. The van der Waals surface area contributed by atoms with E-state index in [4.69, 9.17) is 10.5 Å². The third-order valence-electron chi connectivity index (χ3n) is 2.72. The van der Waals surface area contributed by atoms with E-state index >= 15 is 0 Å². The highest BCUT2D eigenvalue weighted by molar-refractivity contribution is 5.70. The Morgan fingerprint density at radius 3 is 2.24 bits per heavy atom. The minimum atomic E-state index is -0.282. The van der Waals surface area contributed by atoms with E-state index in [9.17, 15) is 4.79 Å². The Kier molecular flexibility index (Phi) is 5.16. The van der Waals surface area contributed by atoms with Crippen molar-refractivity contribution >= 4 is 5.97 Å². The lowest BCUT2D eigenvalue weighted by atomic mass is 9.98. The normalized spacial score (nSPS) is 12.5. The van der Waals surface area contributed by atoms with Crippen LogP contribution in [0.25, 0.3) is 0 Å². The molecule has 0 aromatic heterocycles. The van der Waals surface area contributed by atoms with Gasteiger partial charge in [0.15, 0.2) is 0 Å². The predicted molar refractivity (Wildman–Crippen MR) is 68.7 cm³/mol. The van der Waals surface area contributed by atoms with Crippen molar-refractivity contribution in [3.63, 3.8) is 0 Å². The fourth-order valence-electron chi connectivity index (χ4n) is 1.65. The number of rotatable bonds is 5. The number of nitrogens with two attached hydrogens (primary N) is 1. The summed E-state index contributed by atoms with van der Waals surface area (Å²) >= 11 is 0. The van der Waals surface area contributed by atoms with Gasteiger partial charge < -0.3 is 10.5 Å². The molecule has 0 aliphatic carbocycles. The van der Waals surface area contributed by atoms with E-state index in [0.717, 1.165) is 5.56 Å². The first-order chi connectivity index (χ1) is 8.04. The summed E-state index contributed by atoms with van der Waals surface area (Å²) in [6, 6.07) is 7.81. The maximum Gasteiger partial charge on any atom is 0.307 e. The highest BCUT2D eigenvalue weighted by atomic mass is 16.5. The van der Waals surface area contributed by atoms with Gasteiger partial charge in [-0.1, -0.05) is 38.1 Å². The van der Waals surface area contributed by atoms with Gasteiger partial charge in [-0.2, -0.15) is 0 Å². The number of benzene rings is 1. The standard InChI is InChI=1S/C14H21NO2/c1-4-17-14(16)9-13(15)12-7-5-11(6-8-12)10(2)3/h5-8,10,13H,4,9,15H2,1-3H3. The summed E-state index contributed by atoms with van der Waals surface area (Å²) in [5.74, 6) is 0.262. The third kappa shape index (κ3) is 4.19. The summed E-state index contributed by atoms with van der Waals surface area (Å²) in [5, 5.41) is 0. The largest absolute Gasteiger partial charge is 0.466 e. The molecule has 0 saturated heterocycles. The molecule has 0 heterocycles. The second-order valence-corrected chi connectivity index (χ2v) is 4.44. The predicted octanol–water partition coefficient (Wildman–Crippen LogP) is 2.76. The molecule has 3 nitrogen and oxygen atoms in total. The quantitative estimate of drug-likeness (QED) is 0.798. The van der Waals surface area contributed by atoms with Crippen molar-refractivity contribution < 1.29 is 9.53 Å². The Hall–Kier alpha value is -1.35. The first-order valence-electron chi connectivity index (χ1n) is 6.05. The topological polar surface area (TPSA) is 52.3 Å². The molecule has 0 spiro atoms. The average Bonchev–Trinajstić information content (AvgIpc) is 2.29. The minimum absolute atomic E-state index is 0.231. The highest BCUT2D eigenvalue weighted by Gasteiger charge is 2.12. The number of carbonyl (C=O) groups is 1. The number of hydrogen-bond acceptors (Lipinski definition) is 3. The monoisotopic (exact) mass is 235 g/mol. The van der Waals surface area contributed by atoms with Crippen molar-refractivity contribution in [2.45, 2.75) is 39.2 Å². The molecular weight excluding hydrogens is 214 g/mol. The summed E-state index contributed by atoms with van der Waals surface area (Å²) in [4.78, 5) is 11.3. The van der Waals surface area contributed by atoms with Crippen LogP contribution in [0.15, 0.2) is 24.3 Å². The molecule has 0 aliphatic heterocycles. The van der Waals surface area contributed by atoms with E-state index in [1.54, 1.807) is 6.92 Å². The molecule has 0 aliphatic rings. The zero-order valence-electron chi connectivity index (χ0n) is 10.8. The number of carbonyl (C=O) groups excluding carboxylic acids is 1. The van der Waals surface area contributed by atoms with Gasteiger partial charge in [0.25, 0.3) is 0 Å². The summed E-state index contributed by atoms with van der Waals surface area (Å²) in [5.41, 5.74) is 8.20. The molecule has 1 aromatic rings. The van der Waals surface area contributed by atoms with Crippen LogP contribution < -0.4 is 5.73 Å². The van der Waals surface area contributed by atoms with Gasteiger partial charge in [-0.05, 0) is 24.0 Å². The van der Waals surface area contributed by atoms with Gasteiger partial charge in [0.05, 0.1) is 13.0 Å². The highest BCUT2D eigenvalue weighted by Crippen LogP contribution is 2.19. The van der Waals surface area contributed by atoms with Crippen molar-refractivity contribution in [2.75, 3.05) is 6.61 Å². The van der Waals surface area contributed by atoms with Crippen LogP contribution in [0.2, 0.25) is 0 Å². The second kappa shape index (κ2) is 6.40. The Morgan fingerprint density at radius 2 is 1.76 bits per heavy atom. The van der Waals surface area contributed by atoms with Crippen molar-refractivity contribution in [3.05, 3.63) is 35.4 Å². The lowest BCUT2D eigenvalue weighted by Gasteiger charge is -2.12. The molecule has 1 unspecified atom stereocenters. The molecule has 0 amide bonds. The summed E-state index contributed by atoms with van der Waals surface area (Å²) in [6.07, 6.45) is 0.231. The first-order valence-corrected chi connectivity index (χ1v) is 6.05. The summed E-state index contributed by atoms with van der Waals surface area (Å²) < 4.78 is 4.88. The van der Waals surface area contributed by atoms with Crippen molar-refractivity contribution in [2.24, 2.45) is 5.73 Å². The van der Waals surface area contributed by atoms with E-state index in [1.165, 1.54) is 5.56 Å². The average molecular weight is 235 g/mol.